The number of nitrogens with one attached hydrogen (secondary N) is 1. The van der Waals surface area contributed by atoms with Crippen LogP contribution in [-0.2, 0) is 17.8 Å². The second-order valence-electron chi connectivity index (χ2n) is 6.13. The van der Waals surface area contributed by atoms with Crippen molar-refractivity contribution in [3.63, 3.8) is 0 Å². The number of hydrogen-bond acceptors (Lipinski definition) is 2. The van der Waals surface area contributed by atoms with Gasteiger partial charge in [-0.3, -0.25) is 0 Å². The third-order valence-electron chi connectivity index (χ3n) is 3.72. The minimum absolute atomic E-state index is 0.693. The Morgan fingerprint density at radius 3 is 2.81 bits per heavy atom. The molecule has 0 unspecified atom stereocenters. The van der Waals surface area contributed by atoms with Gasteiger partial charge in [-0.05, 0) is 48.4 Å². The van der Waals surface area contributed by atoms with Crippen LogP contribution >= 0.6 is 0 Å². The molecule has 0 saturated carbocycles. The van der Waals surface area contributed by atoms with Gasteiger partial charge in [0, 0.05) is 38.5 Å². The lowest BCUT2D eigenvalue weighted by atomic mass is 10.1. The summed E-state index contributed by atoms with van der Waals surface area (Å²) in [7, 11) is 1.77. The number of fused-ring (bicyclic) bond motifs is 1. The lowest BCUT2D eigenvalue weighted by Gasteiger charge is -2.09. The minimum Gasteiger partial charge on any atom is -0.385 e. The molecule has 1 aromatic carbocycles. The van der Waals surface area contributed by atoms with Crippen molar-refractivity contribution in [2.45, 2.75) is 39.8 Å². The van der Waals surface area contributed by atoms with Crippen molar-refractivity contribution in [2.24, 2.45) is 5.92 Å². The lowest BCUT2D eigenvalue weighted by molar-refractivity contribution is 0.191. The number of rotatable bonds is 9. The number of aromatic nitrogens is 1. The molecule has 0 aliphatic carbocycles. The Morgan fingerprint density at radius 2 is 2.05 bits per heavy atom. The van der Waals surface area contributed by atoms with Gasteiger partial charge in [-0.1, -0.05) is 26.0 Å². The molecule has 0 bridgehead atoms. The molecule has 2 aromatic rings. The minimum atomic E-state index is 0.693. The van der Waals surface area contributed by atoms with Crippen LogP contribution in [0.4, 0.5) is 0 Å². The molecule has 0 radical (unpaired) electrons. The average molecular weight is 288 g/mol. The molecule has 0 amide bonds. The first-order chi connectivity index (χ1) is 10.2. The molecule has 3 heteroatoms. The molecule has 0 saturated heterocycles. The third-order valence-corrected chi connectivity index (χ3v) is 3.72. The van der Waals surface area contributed by atoms with Gasteiger partial charge < -0.3 is 14.6 Å². The fourth-order valence-electron chi connectivity index (χ4n) is 2.57. The van der Waals surface area contributed by atoms with Crippen molar-refractivity contribution in [3.8, 4) is 0 Å². The highest BCUT2D eigenvalue weighted by atomic mass is 16.5. The van der Waals surface area contributed by atoms with Gasteiger partial charge in [0.1, 0.15) is 0 Å². The maximum absolute atomic E-state index is 5.11. The second kappa shape index (κ2) is 8.20. The van der Waals surface area contributed by atoms with E-state index in [1.54, 1.807) is 7.11 Å². The summed E-state index contributed by atoms with van der Waals surface area (Å²) >= 11 is 0. The second-order valence-corrected chi connectivity index (χ2v) is 6.13. The Balaban J connectivity index is 1.99. The van der Waals surface area contributed by atoms with Crippen LogP contribution in [0.2, 0.25) is 0 Å². The van der Waals surface area contributed by atoms with Crippen LogP contribution in [0.5, 0.6) is 0 Å². The number of methoxy groups -OCH3 is 1. The quantitative estimate of drug-likeness (QED) is 0.710. The van der Waals surface area contributed by atoms with Gasteiger partial charge in [0.2, 0.25) is 0 Å². The summed E-state index contributed by atoms with van der Waals surface area (Å²) in [5.74, 6) is 0.693. The Kier molecular flexibility index (Phi) is 6.27. The van der Waals surface area contributed by atoms with Crippen molar-refractivity contribution >= 4 is 10.9 Å². The number of nitrogens with zero attached hydrogens (tertiary/aromatic N) is 1. The van der Waals surface area contributed by atoms with Crippen LogP contribution in [0, 0.1) is 5.92 Å². The van der Waals surface area contributed by atoms with Crippen LogP contribution < -0.4 is 5.32 Å². The fourth-order valence-corrected chi connectivity index (χ4v) is 2.57. The van der Waals surface area contributed by atoms with Crippen LogP contribution in [-0.4, -0.2) is 24.8 Å². The Morgan fingerprint density at radius 1 is 1.19 bits per heavy atom. The van der Waals surface area contributed by atoms with Gasteiger partial charge in [0.05, 0.1) is 0 Å². The van der Waals surface area contributed by atoms with Crippen LogP contribution in [0.1, 0.15) is 32.3 Å². The first-order valence-electron chi connectivity index (χ1n) is 7.98. The molecule has 2 rings (SSSR count). The number of aryl methyl sites for hydroxylation is 1. The summed E-state index contributed by atoms with van der Waals surface area (Å²) in [5, 5.41) is 4.84. The summed E-state index contributed by atoms with van der Waals surface area (Å²) < 4.78 is 7.47. The molecular formula is C18H28N2O. The largest absolute Gasteiger partial charge is 0.385 e. The SMILES string of the molecule is COCCCCn1ccc2ccc(CNCC(C)C)cc21. The summed E-state index contributed by atoms with van der Waals surface area (Å²) in [4.78, 5) is 0. The molecule has 116 valence electrons. The van der Waals surface area contributed by atoms with E-state index in [0.29, 0.717) is 5.92 Å². The van der Waals surface area contributed by atoms with Crippen LogP contribution in [0.3, 0.4) is 0 Å². The van der Waals surface area contributed by atoms with Gasteiger partial charge in [-0.15, -0.1) is 0 Å². The topological polar surface area (TPSA) is 26.2 Å². The van der Waals surface area contributed by atoms with E-state index in [1.807, 2.05) is 0 Å². The van der Waals surface area contributed by atoms with Crippen molar-refractivity contribution < 1.29 is 4.74 Å². The molecule has 1 N–H and O–H groups in total. The van der Waals surface area contributed by atoms with Crippen molar-refractivity contribution in [1.29, 1.82) is 0 Å². The zero-order chi connectivity index (χ0) is 15.1. The number of benzene rings is 1. The molecule has 21 heavy (non-hydrogen) atoms. The number of unbranched alkanes of at least 4 members (excludes halogenated alkanes) is 1. The van der Waals surface area contributed by atoms with Gasteiger partial charge in [-0.2, -0.15) is 0 Å². The first kappa shape index (κ1) is 16.1. The smallest absolute Gasteiger partial charge is 0.0483 e. The van der Waals surface area contributed by atoms with Crippen LogP contribution in [0.15, 0.2) is 30.5 Å². The number of ether oxygens (including phenoxy) is 1. The highest BCUT2D eigenvalue weighted by Gasteiger charge is 2.03. The van der Waals surface area contributed by atoms with E-state index in [1.165, 1.54) is 16.5 Å². The normalized spacial score (nSPS) is 11.6. The maximum atomic E-state index is 5.11. The standard InChI is InChI=1S/C18H28N2O/c1-15(2)13-19-14-16-6-7-17-8-10-20(18(17)12-16)9-4-5-11-21-3/h6-8,10,12,15,19H,4-5,9,11,13-14H2,1-3H3. The predicted molar refractivity (Wildman–Crippen MR) is 89.6 cm³/mol. The maximum Gasteiger partial charge on any atom is 0.0483 e. The Hall–Kier alpha value is -1.32. The van der Waals surface area contributed by atoms with E-state index < -0.39 is 0 Å². The van der Waals surface area contributed by atoms with Crippen molar-refractivity contribution in [1.82, 2.24) is 9.88 Å². The fraction of sp³-hybridized carbons (Fsp3) is 0.556. The molecular weight excluding hydrogens is 260 g/mol. The van der Waals surface area contributed by atoms with Gasteiger partial charge in [0.15, 0.2) is 0 Å². The highest BCUT2D eigenvalue weighted by Crippen LogP contribution is 2.18. The van der Waals surface area contributed by atoms with E-state index in [0.717, 1.165) is 39.1 Å². The zero-order valence-corrected chi connectivity index (χ0v) is 13.6. The van der Waals surface area contributed by atoms with Crippen molar-refractivity contribution in [2.75, 3.05) is 20.3 Å². The zero-order valence-electron chi connectivity index (χ0n) is 13.6. The Labute approximate surface area is 128 Å². The summed E-state index contributed by atoms with van der Waals surface area (Å²) in [6, 6.07) is 8.98. The highest BCUT2D eigenvalue weighted by molar-refractivity contribution is 5.80. The molecule has 0 aliphatic rings. The summed E-state index contributed by atoms with van der Waals surface area (Å²) in [5.41, 5.74) is 2.70. The van der Waals surface area contributed by atoms with E-state index in [4.69, 9.17) is 4.74 Å². The monoisotopic (exact) mass is 288 g/mol. The summed E-state index contributed by atoms with van der Waals surface area (Å²) in [6.07, 6.45) is 4.47. The first-order valence-corrected chi connectivity index (χ1v) is 7.98. The van der Waals surface area contributed by atoms with Gasteiger partial charge in [-0.25, -0.2) is 0 Å². The van der Waals surface area contributed by atoms with E-state index in [-0.39, 0.29) is 0 Å². The van der Waals surface area contributed by atoms with Crippen molar-refractivity contribution in [3.05, 3.63) is 36.0 Å². The van der Waals surface area contributed by atoms with E-state index in [9.17, 15) is 0 Å². The molecule has 0 fully saturated rings. The molecule has 0 spiro atoms. The molecule has 1 aromatic heterocycles. The predicted octanol–water partition coefficient (Wildman–Crippen LogP) is 3.81. The average Bonchev–Trinajstić information content (AvgIpc) is 2.86. The van der Waals surface area contributed by atoms with Gasteiger partial charge >= 0.3 is 0 Å². The summed E-state index contributed by atoms with van der Waals surface area (Å²) in [6.45, 7) is 8.40. The lowest BCUT2D eigenvalue weighted by Crippen LogP contribution is -2.18. The van der Waals surface area contributed by atoms with Gasteiger partial charge in [0.25, 0.3) is 0 Å². The number of hydrogen-bond donors (Lipinski definition) is 1. The van der Waals surface area contributed by atoms with E-state index in [2.05, 4.69) is 54.2 Å². The van der Waals surface area contributed by atoms with Crippen LogP contribution in [0.25, 0.3) is 10.9 Å². The molecule has 1 heterocycles. The van der Waals surface area contributed by atoms with E-state index >= 15 is 0 Å². The Bertz CT molecular complexity index is 545. The molecule has 0 atom stereocenters. The molecule has 3 nitrogen and oxygen atoms in total. The third kappa shape index (κ3) is 4.87. The molecule has 0 aliphatic heterocycles.